The number of rotatable bonds is 5. The van der Waals surface area contributed by atoms with Crippen LogP contribution in [0, 0.1) is 0 Å². The highest BCUT2D eigenvalue weighted by Crippen LogP contribution is 2.41. The number of benzene rings is 8. The standard InChI is InChI=1S/C51H31N5O/c1-3-15-32(16-4-1)34-29-30-38-37-21-7-10-25-42(37)55(46(38)31-34)45-28-14-23-40-39-22-13-24-41(47(39)57-48(40)45)50-52-49(33-17-5-2-6-18-33)53-51(54-50)56-43-26-11-8-19-35(43)36-20-9-12-27-44(36)56/h1-31H. The van der Waals surface area contributed by atoms with Crippen molar-refractivity contribution in [3.63, 3.8) is 0 Å². The zero-order chi connectivity index (χ0) is 37.5. The Morgan fingerprint density at radius 3 is 1.54 bits per heavy atom. The molecule has 0 amide bonds. The van der Waals surface area contributed by atoms with Crippen molar-refractivity contribution < 1.29 is 4.42 Å². The molecule has 4 aromatic heterocycles. The van der Waals surface area contributed by atoms with Crippen LogP contribution in [0.3, 0.4) is 0 Å². The van der Waals surface area contributed by atoms with Gasteiger partial charge in [-0.1, -0.05) is 152 Å². The number of nitrogens with zero attached hydrogens (tertiary/aromatic N) is 5. The van der Waals surface area contributed by atoms with Gasteiger partial charge in [-0.3, -0.25) is 4.57 Å². The van der Waals surface area contributed by atoms with Crippen molar-refractivity contribution in [3.05, 3.63) is 188 Å². The van der Waals surface area contributed by atoms with Crippen molar-refractivity contribution in [2.45, 2.75) is 0 Å². The lowest BCUT2D eigenvalue weighted by atomic mass is 10.0. The van der Waals surface area contributed by atoms with Crippen LogP contribution in [0.25, 0.3) is 111 Å². The molecule has 0 saturated heterocycles. The van der Waals surface area contributed by atoms with E-state index >= 15 is 0 Å². The van der Waals surface area contributed by atoms with E-state index in [0.29, 0.717) is 17.6 Å². The van der Waals surface area contributed by atoms with Crippen LogP contribution in [-0.4, -0.2) is 24.1 Å². The highest BCUT2D eigenvalue weighted by molar-refractivity contribution is 6.15. The smallest absolute Gasteiger partial charge is 0.238 e. The first-order chi connectivity index (χ1) is 28.3. The maximum absolute atomic E-state index is 7.09. The highest BCUT2D eigenvalue weighted by atomic mass is 16.3. The molecule has 8 aromatic carbocycles. The quantitative estimate of drug-likeness (QED) is 0.177. The molecule has 0 fully saturated rings. The topological polar surface area (TPSA) is 61.7 Å². The van der Waals surface area contributed by atoms with Crippen molar-refractivity contribution in [1.29, 1.82) is 0 Å². The molecular formula is C51H31N5O. The fraction of sp³-hybridized carbons (Fsp3) is 0. The number of furan rings is 1. The highest BCUT2D eigenvalue weighted by Gasteiger charge is 2.22. The van der Waals surface area contributed by atoms with Crippen molar-refractivity contribution in [3.8, 4) is 45.5 Å². The Hall–Kier alpha value is -7.83. The van der Waals surface area contributed by atoms with Crippen LogP contribution in [0.15, 0.2) is 192 Å². The summed E-state index contributed by atoms with van der Waals surface area (Å²) < 4.78 is 11.6. The molecule has 266 valence electrons. The van der Waals surface area contributed by atoms with Crippen molar-refractivity contribution >= 4 is 65.6 Å². The lowest BCUT2D eigenvalue weighted by Gasteiger charge is -2.11. The predicted octanol–water partition coefficient (Wildman–Crippen LogP) is 13.0. The fourth-order valence-electron chi connectivity index (χ4n) is 8.64. The van der Waals surface area contributed by atoms with Gasteiger partial charge < -0.3 is 8.98 Å². The summed E-state index contributed by atoms with van der Waals surface area (Å²) in [4.78, 5) is 15.6. The summed E-state index contributed by atoms with van der Waals surface area (Å²) in [6.07, 6.45) is 0. The molecule has 0 aliphatic rings. The van der Waals surface area contributed by atoms with E-state index in [-0.39, 0.29) is 0 Å². The molecule has 0 bridgehead atoms. The second-order valence-electron chi connectivity index (χ2n) is 14.4. The summed E-state index contributed by atoms with van der Waals surface area (Å²) in [6, 6.07) is 65.5. The van der Waals surface area contributed by atoms with Crippen LogP contribution in [0.2, 0.25) is 0 Å². The molecule has 0 saturated carbocycles. The Morgan fingerprint density at radius 2 is 0.860 bits per heavy atom. The number of hydrogen-bond acceptors (Lipinski definition) is 4. The van der Waals surface area contributed by atoms with Gasteiger partial charge in [0.2, 0.25) is 5.95 Å². The first-order valence-electron chi connectivity index (χ1n) is 19.1. The number of aromatic nitrogens is 5. The maximum atomic E-state index is 7.09. The van der Waals surface area contributed by atoms with Crippen LogP contribution in [0.5, 0.6) is 0 Å². The SMILES string of the molecule is c1ccc(-c2ccc3c4ccccc4n(-c4cccc5c4oc4c(-c6nc(-c7ccccc7)nc(-n7c8ccccc8c8ccccc87)n6)cccc45)c3c2)cc1. The van der Waals surface area contributed by atoms with E-state index in [9.17, 15) is 0 Å². The molecule has 0 unspecified atom stereocenters. The minimum atomic E-state index is 0.538. The van der Waals surface area contributed by atoms with Crippen LogP contribution in [0.4, 0.5) is 0 Å². The van der Waals surface area contributed by atoms with E-state index < -0.39 is 0 Å². The summed E-state index contributed by atoms with van der Waals surface area (Å²) in [5.41, 5.74) is 10.8. The van der Waals surface area contributed by atoms with E-state index in [0.717, 1.165) is 77.2 Å². The average molecular weight is 730 g/mol. The van der Waals surface area contributed by atoms with Crippen LogP contribution in [0.1, 0.15) is 0 Å². The van der Waals surface area contributed by atoms with E-state index in [1.807, 2.05) is 30.3 Å². The molecular weight excluding hydrogens is 699 g/mol. The van der Waals surface area contributed by atoms with E-state index in [4.69, 9.17) is 19.4 Å². The van der Waals surface area contributed by atoms with E-state index in [2.05, 4.69) is 167 Å². The zero-order valence-corrected chi connectivity index (χ0v) is 30.5. The summed E-state index contributed by atoms with van der Waals surface area (Å²) in [5.74, 6) is 1.67. The molecule has 6 heteroatoms. The van der Waals surface area contributed by atoms with Gasteiger partial charge in [0.15, 0.2) is 17.2 Å². The van der Waals surface area contributed by atoms with Gasteiger partial charge in [0.25, 0.3) is 0 Å². The molecule has 4 heterocycles. The van der Waals surface area contributed by atoms with Gasteiger partial charge in [0.1, 0.15) is 5.58 Å². The van der Waals surface area contributed by atoms with Crippen LogP contribution < -0.4 is 0 Å². The molecule has 6 nitrogen and oxygen atoms in total. The number of fused-ring (bicyclic) bond motifs is 9. The van der Waals surface area contributed by atoms with Gasteiger partial charge >= 0.3 is 0 Å². The third-order valence-electron chi connectivity index (χ3n) is 11.2. The van der Waals surface area contributed by atoms with Gasteiger partial charge in [-0.2, -0.15) is 9.97 Å². The van der Waals surface area contributed by atoms with Gasteiger partial charge in [-0.25, -0.2) is 4.98 Å². The summed E-state index contributed by atoms with van der Waals surface area (Å²) in [5, 5.41) is 6.69. The largest absolute Gasteiger partial charge is 0.453 e. The molecule has 0 atom stereocenters. The summed E-state index contributed by atoms with van der Waals surface area (Å²) >= 11 is 0. The monoisotopic (exact) mass is 729 g/mol. The van der Waals surface area contributed by atoms with E-state index in [1.54, 1.807) is 0 Å². The third kappa shape index (κ3) is 4.81. The number of hydrogen-bond donors (Lipinski definition) is 0. The molecule has 0 N–H and O–H groups in total. The number of para-hydroxylation sites is 5. The maximum Gasteiger partial charge on any atom is 0.238 e. The van der Waals surface area contributed by atoms with Crippen molar-refractivity contribution in [2.24, 2.45) is 0 Å². The molecule has 0 spiro atoms. The van der Waals surface area contributed by atoms with Gasteiger partial charge in [0.05, 0.1) is 33.3 Å². The molecule has 12 rings (SSSR count). The molecule has 12 aromatic rings. The molecule has 0 aliphatic heterocycles. The third-order valence-corrected chi connectivity index (χ3v) is 11.2. The second-order valence-corrected chi connectivity index (χ2v) is 14.4. The van der Waals surface area contributed by atoms with Crippen molar-refractivity contribution in [1.82, 2.24) is 24.1 Å². The lowest BCUT2D eigenvalue weighted by Crippen LogP contribution is -2.06. The lowest BCUT2D eigenvalue weighted by molar-refractivity contribution is 0.667. The minimum Gasteiger partial charge on any atom is -0.453 e. The normalized spacial score (nSPS) is 11.9. The fourth-order valence-corrected chi connectivity index (χ4v) is 8.64. The Kier molecular flexibility index (Phi) is 6.83. The first-order valence-corrected chi connectivity index (χ1v) is 19.1. The zero-order valence-electron chi connectivity index (χ0n) is 30.5. The minimum absolute atomic E-state index is 0.538. The Labute approximate surface area is 326 Å². The predicted molar refractivity (Wildman–Crippen MR) is 232 cm³/mol. The summed E-state index contributed by atoms with van der Waals surface area (Å²) in [7, 11) is 0. The Balaban J connectivity index is 1.12. The Morgan fingerprint density at radius 1 is 0.333 bits per heavy atom. The van der Waals surface area contributed by atoms with Gasteiger partial charge in [-0.05, 0) is 47.5 Å². The molecule has 0 aliphatic carbocycles. The van der Waals surface area contributed by atoms with Crippen molar-refractivity contribution in [2.75, 3.05) is 0 Å². The average Bonchev–Trinajstić information content (AvgIpc) is 3.95. The van der Waals surface area contributed by atoms with Gasteiger partial charge in [-0.15, -0.1) is 0 Å². The van der Waals surface area contributed by atoms with Crippen LogP contribution in [-0.2, 0) is 0 Å². The Bertz CT molecular complexity index is 3470. The van der Waals surface area contributed by atoms with Crippen LogP contribution >= 0.6 is 0 Å². The summed E-state index contributed by atoms with van der Waals surface area (Å²) in [6.45, 7) is 0. The molecule has 57 heavy (non-hydrogen) atoms. The van der Waals surface area contributed by atoms with Gasteiger partial charge in [0, 0.05) is 37.9 Å². The first kappa shape index (κ1) is 31.5. The molecule has 0 radical (unpaired) electrons. The second kappa shape index (κ2) is 12.3. The van der Waals surface area contributed by atoms with E-state index in [1.165, 1.54) is 16.3 Å².